The quantitative estimate of drug-likeness (QED) is 0.802. The van der Waals surface area contributed by atoms with Crippen molar-refractivity contribution in [1.82, 2.24) is 9.97 Å². The van der Waals surface area contributed by atoms with Crippen LogP contribution in [0.2, 0.25) is 5.15 Å². The van der Waals surface area contributed by atoms with Gasteiger partial charge in [-0.15, -0.1) is 0 Å². The fourth-order valence-corrected chi connectivity index (χ4v) is 1.75. The van der Waals surface area contributed by atoms with Gasteiger partial charge in [0.25, 0.3) is 0 Å². The van der Waals surface area contributed by atoms with Gasteiger partial charge >= 0.3 is 0 Å². The highest BCUT2D eigenvalue weighted by atomic mass is 35.5. The molecule has 0 spiro atoms. The molecule has 19 heavy (non-hydrogen) atoms. The van der Waals surface area contributed by atoms with Gasteiger partial charge in [-0.1, -0.05) is 23.7 Å². The van der Waals surface area contributed by atoms with E-state index in [1.165, 1.54) is 0 Å². The van der Waals surface area contributed by atoms with Crippen molar-refractivity contribution in [1.29, 1.82) is 5.26 Å². The van der Waals surface area contributed by atoms with E-state index in [4.69, 9.17) is 21.6 Å². The van der Waals surface area contributed by atoms with Crippen LogP contribution in [0.5, 0.6) is 11.6 Å². The molecule has 0 bridgehead atoms. The number of ether oxygens (including phenoxy) is 1. The fraction of sp³-hybridized carbons (Fsp3) is 0.214. The normalized spacial score (nSPS) is 10.0. The molecule has 2 rings (SSSR count). The molecule has 0 radical (unpaired) electrons. The Hall–Kier alpha value is -2.12. The van der Waals surface area contributed by atoms with Crippen LogP contribution in [0.1, 0.15) is 17.0 Å². The summed E-state index contributed by atoms with van der Waals surface area (Å²) in [6.45, 7) is 3.56. The lowest BCUT2D eigenvalue weighted by molar-refractivity contribution is 0.455. The fourth-order valence-electron chi connectivity index (χ4n) is 1.55. The van der Waals surface area contributed by atoms with Gasteiger partial charge in [0, 0.05) is 5.56 Å². The Bertz CT molecular complexity index is 632. The second-order valence-electron chi connectivity index (χ2n) is 4.07. The van der Waals surface area contributed by atoms with Gasteiger partial charge in [0.1, 0.15) is 16.7 Å². The van der Waals surface area contributed by atoms with Crippen LogP contribution in [-0.4, -0.2) is 9.97 Å². The van der Waals surface area contributed by atoms with Gasteiger partial charge in [0.05, 0.1) is 12.5 Å². The van der Waals surface area contributed by atoms with Crippen molar-refractivity contribution in [2.75, 3.05) is 0 Å². The Balaban J connectivity index is 2.24. The van der Waals surface area contributed by atoms with Gasteiger partial charge in [0.2, 0.25) is 5.88 Å². The molecule has 2 aromatic rings. The first kappa shape index (κ1) is 13.3. The topological polar surface area (TPSA) is 58.8 Å². The van der Waals surface area contributed by atoms with Crippen LogP contribution in [0, 0.1) is 25.2 Å². The third-order valence-corrected chi connectivity index (χ3v) is 2.94. The highest BCUT2D eigenvalue weighted by Crippen LogP contribution is 2.26. The molecule has 0 unspecified atom stereocenters. The van der Waals surface area contributed by atoms with Gasteiger partial charge < -0.3 is 4.74 Å². The zero-order valence-electron chi connectivity index (χ0n) is 10.6. The standard InChI is InChI=1S/C14H12ClN3O/c1-9-13(15)17-10(2)18-14(9)19-12-5-3-11(4-6-12)7-8-16/h3-6H,7H2,1-2H3. The number of aryl methyl sites for hydroxylation is 1. The molecule has 0 saturated heterocycles. The molecular formula is C14H12ClN3O. The van der Waals surface area contributed by atoms with Crippen molar-refractivity contribution in [2.45, 2.75) is 20.3 Å². The molecule has 0 amide bonds. The maximum atomic E-state index is 8.61. The molecule has 0 N–H and O–H groups in total. The molecular weight excluding hydrogens is 262 g/mol. The van der Waals surface area contributed by atoms with Crippen LogP contribution >= 0.6 is 11.6 Å². The van der Waals surface area contributed by atoms with Crippen molar-refractivity contribution in [3.8, 4) is 17.7 Å². The lowest BCUT2D eigenvalue weighted by atomic mass is 10.2. The summed E-state index contributed by atoms with van der Waals surface area (Å²) in [6, 6.07) is 9.41. The van der Waals surface area contributed by atoms with Crippen molar-refractivity contribution >= 4 is 11.6 Å². The lowest BCUT2D eigenvalue weighted by Gasteiger charge is -2.09. The molecule has 0 atom stereocenters. The largest absolute Gasteiger partial charge is 0.439 e. The number of benzene rings is 1. The number of nitrogens with zero attached hydrogens (tertiary/aromatic N) is 3. The number of aromatic nitrogens is 2. The Morgan fingerprint density at radius 2 is 1.89 bits per heavy atom. The SMILES string of the molecule is Cc1nc(Cl)c(C)c(Oc2ccc(CC#N)cc2)n1. The van der Waals surface area contributed by atoms with E-state index < -0.39 is 0 Å². The van der Waals surface area contributed by atoms with Crippen molar-refractivity contribution in [2.24, 2.45) is 0 Å². The molecule has 4 nitrogen and oxygen atoms in total. The summed E-state index contributed by atoms with van der Waals surface area (Å²) in [5, 5.41) is 9.00. The second kappa shape index (κ2) is 5.68. The van der Waals surface area contributed by atoms with Gasteiger partial charge in [-0.3, -0.25) is 0 Å². The minimum absolute atomic E-state index is 0.387. The highest BCUT2D eigenvalue weighted by molar-refractivity contribution is 6.30. The molecule has 0 fully saturated rings. The first-order valence-electron chi connectivity index (χ1n) is 5.74. The Morgan fingerprint density at radius 1 is 1.21 bits per heavy atom. The van der Waals surface area contributed by atoms with Crippen LogP contribution in [0.15, 0.2) is 24.3 Å². The maximum Gasteiger partial charge on any atom is 0.226 e. The van der Waals surface area contributed by atoms with Gasteiger partial charge in [0.15, 0.2) is 0 Å². The summed E-state index contributed by atoms with van der Waals surface area (Å²) >= 11 is 5.98. The Labute approximate surface area is 116 Å². The smallest absolute Gasteiger partial charge is 0.226 e. The van der Waals surface area contributed by atoms with Crippen LogP contribution < -0.4 is 4.74 Å². The molecule has 96 valence electrons. The van der Waals surface area contributed by atoms with Crippen LogP contribution in [0.4, 0.5) is 0 Å². The lowest BCUT2D eigenvalue weighted by Crippen LogP contribution is -1.97. The average molecular weight is 274 g/mol. The van der Waals surface area contributed by atoms with E-state index in [1.807, 2.05) is 12.1 Å². The molecule has 0 aliphatic heterocycles. The Kier molecular flexibility index (Phi) is 3.98. The molecule has 1 aromatic heterocycles. The van der Waals surface area contributed by atoms with E-state index in [1.54, 1.807) is 26.0 Å². The average Bonchev–Trinajstić information content (AvgIpc) is 2.38. The van der Waals surface area contributed by atoms with Gasteiger partial charge in [-0.25, -0.2) is 4.98 Å². The zero-order valence-corrected chi connectivity index (χ0v) is 11.4. The van der Waals surface area contributed by atoms with E-state index in [2.05, 4.69) is 16.0 Å². The molecule has 1 aromatic carbocycles. The number of hydrogen-bond acceptors (Lipinski definition) is 4. The maximum absolute atomic E-state index is 8.61. The van der Waals surface area contributed by atoms with E-state index in [0.29, 0.717) is 34.6 Å². The van der Waals surface area contributed by atoms with Crippen molar-refractivity contribution in [3.05, 3.63) is 46.4 Å². The predicted molar refractivity (Wildman–Crippen MR) is 72.3 cm³/mol. The summed E-state index contributed by atoms with van der Waals surface area (Å²) in [4.78, 5) is 8.27. The van der Waals surface area contributed by atoms with Gasteiger partial charge in [-0.2, -0.15) is 10.2 Å². The summed E-state index contributed by atoms with van der Waals surface area (Å²) < 4.78 is 5.69. The number of nitriles is 1. The molecule has 0 saturated carbocycles. The second-order valence-corrected chi connectivity index (χ2v) is 4.43. The third kappa shape index (κ3) is 3.21. The minimum Gasteiger partial charge on any atom is -0.439 e. The summed E-state index contributed by atoms with van der Waals surface area (Å²) in [5.74, 6) is 1.66. The summed E-state index contributed by atoms with van der Waals surface area (Å²) in [7, 11) is 0. The number of halogens is 1. The monoisotopic (exact) mass is 273 g/mol. The zero-order chi connectivity index (χ0) is 13.8. The van der Waals surface area contributed by atoms with Crippen LogP contribution in [0.25, 0.3) is 0 Å². The van der Waals surface area contributed by atoms with Gasteiger partial charge in [-0.05, 0) is 31.5 Å². The number of rotatable bonds is 3. The van der Waals surface area contributed by atoms with E-state index in [0.717, 1.165) is 5.56 Å². The van der Waals surface area contributed by atoms with E-state index >= 15 is 0 Å². The first-order chi connectivity index (χ1) is 9.10. The van der Waals surface area contributed by atoms with E-state index in [9.17, 15) is 0 Å². The summed E-state index contributed by atoms with van der Waals surface area (Å²) in [5.41, 5.74) is 1.65. The number of hydrogen-bond donors (Lipinski definition) is 0. The van der Waals surface area contributed by atoms with Crippen LogP contribution in [-0.2, 0) is 6.42 Å². The van der Waals surface area contributed by atoms with Crippen molar-refractivity contribution in [3.63, 3.8) is 0 Å². The molecule has 0 aliphatic carbocycles. The third-order valence-electron chi connectivity index (χ3n) is 2.57. The highest BCUT2D eigenvalue weighted by Gasteiger charge is 2.09. The molecule has 5 heteroatoms. The minimum atomic E-state index is 0.387. The first-order valence-corrected chi connectivity index (χ1v) is 6.12. The van der Waals surface area contributed by atoms with E-state index in [-0.39, 0.29) is 0 Å². The molecule has 0 aliphatic rings. The van der Waals surface area contributed by atoms with Crippen LogP contribution in [0.3, 0.4) is 0 Å². The summed E-state index contributed by atoms with van der Waals surface area (Å²) in [6.07, 6.45) is 0.387. The van der Waals surface area contributed by atoms with Crippen molar-refractivity contribution < 1.29 is 4.74 Å². The Morgan fingerprint density at radius 3 is 2.53 bits per heavy atom. The molecule has 1 heterocycles. The predicted octanol–water partition coefficient (Wildman–Crippen LogP) is 3.61.